The molecule has 1 aromatic carbocycles. The molecule has 0 aliphatic carbocycles. The van der Waals surface area contributed by atoms with Gasteiger partial charge in [-0.25, -0.2) is 17.9 Å². The Morgan fingerprint density at radius 2 is 1.95 bits per heavy atom. The van der Waals surface area contributed by atoms with Gasteiger partial charge in [0.2, 0.25) is 10.0 Å². The summed E-state index contributed by atoms with van der Waals surface area (Å²) in [6.45, 7) is 6.88. The van der Waals surface area contributed by atoms with Crippen LogP contribution in [0.1, 0.15) is 27.7 Å². The third kappa shape index (κ3) is 5.31. The number of nitrogens with one attached hydrogen (secondary N) is 1. The fraction of sp³-hybridized carbons (Fsp3) is 0.462. The van der Waals surface area contributed by atoms with E-state index in [1.165, 1.54) is 6.92 Å². The molecule has 1 rings (SSSR count). The topological polar surface area (TPSA) is 98.5 Å². The van der Waals surface area contributed by atoms with E-state index in [4.69, 9.17) is 9.88 Å². The molecule has 0 bridgehead atoms. The Labute approximate surface area is 123 Å². The summed E-state index contributed by atoms with van der Waals surface area (Å²) in [5, 5.41) is 7.59. The van der Waals surface area contributed by atoms with Gasteiger partial charge in [-0.3, -0.25) is 4.79 Å². The van der Waals surface area contributed by atoms with Gasteiger partial charge in [-0.15, -0.1) is 0 Å². The molecule has 0 aromatic heterocycles. The Kier molecular flexibility index (Phi) is 4.95. The maximum atomic E-state index is 13.8. The maximum Gasteiger partial charge on any atom is 0.261 e. The molecule has 6 nitrogen and oxygen atoms in total. The molecule has 0 aliphatic heterocycles. The van der Waals surface area contributed by atoms with E-state index in [9.17, 15) is 17.6 Å². The van der Waals surface area contributed by atoms with Crippen molar-refractivity contribution < 1.29 is 22.3 Å². The standard InChI is InChI=1S/C13H19FN2O4S/c1-8(12(17)16-13(2,3)4)20-11-6-5-9(7-10(11)14)21(15,18)19/h5-8H,1-4H3,(H,16,17)(H2,15,18,19). The number of amides is 1. The normalized spacial score (nSPS) is 13.6. The zero-order chi connectivity index (χ0) is 16.4. The number of benzene rings is 1. The number of sulfonamides is 1. The summed E-state index contributed by atoms with van der Waals surface area (Å²) >= 11 is 0. The number of rotatable bonds is 4. The Hall–Kier alpha value is -1.67. The van der Waals surface area contributed by atoms with E-state index >= 15 is 0 Å². The average molecular weight is 318 g/mol. The zero-order valence-corrected chi connectivity index (χ0v) is 13.1. The average Bonchev–Trinajstić information content (AvgIpc) is 2.27. The summed E-state index contributed by atoms with van der Waals surface area (Å²) in [7, 11) is -3.99. The van der Waals surface area contributed by atoms with Crippen molar-refractivity contribution in [2.45, 2.75) is 44.2 Å². The van der Waals surface area contributed by atoms with Gasteiger partial charge in [0, 0.05) is 5.54 Å². The lowest BCUT2D eigenvalue weighted by atomic mass is 10.1. The Morgan fingerprint density at radius 3 is 2.38 bits per heavy atom. The highest BCUT2D eigenvalue weighted by Gasteiger charge is 2.22. The number of primary sulfonamides is 1. The Balaban J connectivity index is 2.87. The number of carbonyl (C=O) groups is 1. The highest BCUT2D eigenvalue weighted by atomic mass is 32.2. The monoisotopic (exact) mass is 318 g/mol. The van der Waals surface area contributed by atoms with Gasteiger partial charge >= 0.3 is 0 Å². The summed E-state index contributed by atoms with van der Waals surface area (Å²) in [5.74, 6) is -1.53. The highest BCUT2D eigenvalue weighted by molar-refractivity contribution is 7.89. The quantitative estimate of drug-likeness (QED) is 0.870. The third-order valence-electron chi connectivity index (χ3n) is 2.40. The van der Waals surface area contributed by atoms with E-state index in [-0.39, 0.29) is 10.6 Å². The van der Waals surface area contributed by atoms with Crippen LogP contribution in [0.4, 0.5) is 4.39 Å². The SMILES string of the molecule is CC(Oc1ccc(S(N)(=O)=O)cc1F)C(=O)NC(C)(C)C. The van der Waals surface area contributed by atoms with Crippen molar-refractivity contribution >= 4 is 15.9 Å². The summed E-state index contributed by atoms with van der Waals surface area (Å²) in [5.41, 5.74) is -0.440. The van der Waals surface area contributed by atoms with Crippen LogP contribution >= 0.6 is 0 Å². The minimum absolute atomic E-state index is 0.223. The third-order valence-corrected chi connectivity index (χ3v) is 3.31. The second kappa shape index (κ2) is 5.98. The number of hydrogen-bond acceptors (Lipinski definition) is 4. The number of nitrogens with two attached hydrogens (primary N) is 1. The molecule has 118 valence electrons. The second-order valence-electron chi connectivity index (χ2n) is 5.64. The summed E-state index contributed by atoms with van der Waals surface area (Å²) in [6, 6.07) is 2.98. The predicted molar refractivity (Wildman–Crippen MR) is 75.8 cm³/mol. The van der Waals surface area contributed by atoms with E-state index < -0.39 is 33.4 Å². The van der Waals surface area contributed by atoms with E-state index in [1.54, 1.807) is 20.8 Å². The molecule has 0 aliphatic rings. The van der Waals surface area contributed by atoms with Gasteiger partial charge in [0.1, 0.15) is 0 Å². The van der Waals surface area contributed by atoms with E-state index in [0.29, 0.717) is 0 Å². The number of carbonyl (C=O) groups excluding carboxylic acids is 1. The van der Waals surface area contributed by atoms with Gasteiger partial charge in [0.25, 0.3) is 5.91 Å². The second-order valence-corrected chi connectivity index (χ2v) is 7.20. The van der Waals surface area contributed by atoms with Crippen LogP contribution in [0.3, 0.4) is 0 Å². The highest BCUT2D eigenvalue weighted by Crippen LogP contribution is 2.21. The fourth-order valence-corrected chi connectivity index (χ4v) is 1.99. The van der Waals surface area contributed by atoms with Gasteiger partial charge in [0.15, 0.2) is 17.7 Å². The fourth-order valence-electron chi connectivity index (χ4n) is 1.47. The number of ether oxygens (including phenoxy) is 1. The minimum atomic E-state index is -3.99. The molecule has 8 heteroatoms. The lowest BCUT2D eigenvalue weighted by Gasteiger charge is -2.23. The van der Waals surface area contributed by atoms with Crippen LogP contribution in [0.15, 0.2) is 23.1 Å². The Bertz CT molecular complexity index is 638. The van der Waals surface area contributed by atoms with Gasteiger partial charge in [-0.2, -0.15) is 0 Å². The first kappa shape index (κ1) is 17.4. The number of hydrogen-bond donors (Lipinski definition) is 2. The first-order valence-electron chi connectivity index (χ1n) is 6.21. The molecule has 21 heavy (non-hydrogen) atoms. The van der Waals surface area contributed by atoms with Crippen molar-refractivity contribution in [2.75, 3.05) is 0 Å². The van der Waals surface area contributed by atoms with Gasteiger partial charge in [-0.05, 0) is 45.9 Å². The van der Waals surface area contributed by atoms with Crippen molar-refractivity contribution in [3.63, 3.8) is 0 Å². The first-order valence-corrected chi connectivity index (χ1v) is 7.76. The van der Waals surface area contributed by atoms with Crippen LogP contribution in [0.25, 0.3) is 0 Å². The van der Waals surface area contributed by atoms with Crippen LogP contribution < -0.4 is 15.2 Å². The van der Waals surface area contributed by atoms with Gasteiger partial charge in [0.05, 0.1) is 4.90 Å². The molecule has 0 spiro atoms. The molecule has 3 N–H and O–H groups in total. The van der Waals surface area contributed by atoms with Gasteiger partial charge in [-0.1, -0.05) is 0 Å². The molecule has 0 radical (unpaired) electrons. The van der Waals surface area contributed by atoms with Crippen molar-refractivity contribution in [3.05, 3.63) is 24.0 Å². The van der Waals surface area contributed by atoms with Crippen molar-refractivity contribution in [1.82, 2.24) is 5.32 Å². The Morgan fingerprint density at radius 1 is 1.38 bits per heavy atom. The summed E-state index contributed by atoms with van der Waals surface area (Å²) < 4.78 is 41.1. The first-order chi connectivity index (χ1) is 9.40. The largest absolute Gasteiger partial charge is 0.478 e. The molecule has 1 aromatic rings. The lowest BCUT2D eigenvalue weighted by Crippen LogP contribution is -2.46. The molecule has 1 amide bonds. The molecule has 0 fully saturated rings. The minimum Gasteiger partial charge on any atom is -0.478 e. The smallest absolute Gasteiger partial charge is 0.261 e. The molecule has 1 unspecified atom stereocenters. The molecular weight excluding hydrogens is 299 g/mol. The van der Waals surface area contributed by atoms with E-state index in [1.807, 2.05) is 0 Å². The molecule has 0 saturated carbocycles. The van der Waals surface area contributed by atoms with Crippen LogP contribution in [0.5, 0.6) is 5.75 Å². The predicted octanol–water partition coefficient (Wildman–Crippen LogP) is 1.16. The molecule has 0 saturated heterocycles. The van der Waals surface area contributed by atoms with Crippen molar-refractivity contribution in [1.29, 1.82) is 0 Å². The zero-order valence-electron chi connectivity index (χ0n) is 12.3. The summed E-state index contributed by atoms with van der Waals surface area (Å²) in [4.78, 5) is 11.5. The molecule has 1 atom stereocenters. The van der Waals surface area contributed by atoms with Crippen LogP contribution in [-0.2, 0) is 14.8 Å². The van der Waals surface area contributed by atoms with E-state index in [2.05, 4.69) is 5.32 Å². The van der Waals surface area contributed by atoms with Crippen LogP contribution in [-0.4, -0.2) is 26.0 Å². The van der Waals surface area contributed by atoms with Crippen LogP contribution in [0, 0.1) is 5.82 Å². The lowest BCUT2D eigenvalue weighted by molar-refractivity contribution is -0.128. The van der Waals surface area contributed by atoms with Crippen molar-refractivity contribution in [2.24, 2.45) is 5.14 Å². The van der Waals surface area contributed by atoms with Crippen LogP contribution in [0.2, 0.25) is 0 Å². The number of halogens is 1. The van der Waals surface area contributed by atoms with Gasteiger partial charge < -0.3 is 10.1 Å². The molecular formula is C13H19FN2O4S. The molecule has 0 heterocycles. The summed E-state index contributed by atoms with van der Waals surface area (Å²) in [6.07, 6.45) is -0.931. The van der Waals surface area contributed by atoms with Crippen molar-refractivity contribution in [3.8, 4) is 5.75 Å². The maximum absolute atomic E-state index is 13.8. The van der Waals surface area contributed by atoms with E-state index in [0.717, 1.165) is 18.2 Å².